The van der Waals surface area contributed by atoms with E-state index < -0.39 is 5.97 Å². The second kappa shape index (κ2) is 7.16. The summed E-state index contributed by atoms with van der Waals surface area (Å²) in [7, 11) is 0. The monoisotopic (exact) mass is 317 g/mol. The van der Waals surface area contributed by atoms with E-state index in [1.165, 1.54) is 0 Å². The van der Waals surface area contributed by atoms with E-state index in [4.69, 9.17) is 33.0 Å². The fourth-order valence-corrected chi connectivity index (χ4v) is 2.80. The Hall–Kier alpha value is -0.970. The van der Waals surface area contributed by atoms with Crippen LogP contribution in [-0.4, -0.2) is 42.2 Å². The van der Waals surface area contributed by atoms with Gasteiger partial charge in [0, 0.05) is 18.1 Å². The molecule has 20 heavy (non-hydrogen) atoms. The van der Waals surface area contributed by atoms with E-state index in [0.29, 0.717) is 35.5 Å². The summed E-state index contributed by atoms with van der Waals surface area (Å²) < 4.78 is 5.61. The molecule has 1 aliphatic rings. The molecule has 1 aliphatic heterocycles. The fraction of sp³-hybridized carbons (Fsp3) is 0.500. The van der Waals surface area contributed by atoms with Gasteiger partial charge in [0.05, 0.1) is 10.9 Å². The van der Waals surface area contributed by atoms with E-state index in [1.807, 2.05) is 0 Å². The molecule has 1 fully saturated rings. The molecule has 1 saturated heterocycles. The number of aliphatic carboxylic acids is 1. The largest absolute Gasteiger partial charge is 0.491 e. The fourth-order valence-electron chi connectivity index (χ4n) is 2.34. The first-order valence-electron chi connectivity index (χ1n) is 6.59. The van der Waals surface area contributed by atoms with Gasteiger partial charge in [-0.25, -0.2) is 0 Å². The molecule has 2 rings (SSSR count). The molecular formula is C14H17Cl2NO3. The molecule has 1 N–H and O–H groups in total. The summed E-state index contributed by atoms with van der Waals surface area (Å²) in [6, 6.07) is 5.10. The maximum atomic E-state index is 11.0. The van der Waals surface area contributed by atoms with Gasteiger partial charge in [0.2, 0.25) is 0 Å². The second-order valence-electron chi connectivity index (χ2n) is 4.90. The summed E-state index contributed by atoms with van der Waals surface area (Å²) >= 11 is 11.8. The number of halogens is 2. The Morgan fingerprint density at radius 3 is 2.95 bits per heavy atom. The smallest absolute Gasteiger partial charge is 0.307 e. The van der Waals surface area contributed by atoms with Crippen LogP contribution < -0.4 is 4.74 Å². The van der Waals surface area contributed by atoms with E-state index in [0.717, 1.165) is 19.4 Å². The van der Waals surface area contributed by atoms with Crippen molar-refractivity contribution in [2.75, 3.05) is 26.2 Å². The van der Waals surface area contributed by atoms with Gasteiger partial charge in [0.1, 0.15) is 12.4 Å². The van der Waals surface area contributed by atoms with Crippen molar-refractivity contribution in [3.63, 3.8) is 0 Å². The molecule has 0 aromatic heterocycles. The zero-order valence-corrected chi connectivity index (χ0v) is 12.5. The Bertz CT molecular complexity index is 481. The first kappa shape index (κ1) is 15.4. The molecule has 0 saturated carbocycles. The molecule has 110 valence electrons. The zero-order valence-electron chi connectivity index (χ0n) is 11.0. The number of carboxylic acids is 1. The highest BCUT2D eigenvalue weighted by Crippen LogP contribution is 2.27. The predicted octanol–water partition coefficient (Wildman–Crippen LogP) is 3.17. The molecule has 6 heteroatoms. The summed E-state index contributed by atoms with van der Waals surface area (Å²) in [5, 5.41) is 10.1. The molecule has 1 aromatic rings. The lowest BCUT2D eigenvalue weighted by Gasteiger charge is -2.30. The number of hydrogen-bond acceptors (Lipinski definition) is 3. The Kier molecular flexibility index (Phi) is 5.52. The Morgan fingerprint density at radius 2 is 2.25 bits per heavy atom. The number of benzene rings is 1. The van der Waals surface area contributed by atoms with Gasteiger partial charge in [-0.3, -0.25) is 9.69 Å². The number of nitrogens with zero attached hydrogens (tertiary/aromatic N) is 1. The van der Waals surface area contributed by atoms with Crippen LogP contribution in [0.5, 0.6) is 5.75 Å². The van der Waals surface area contributed by atoms with Crippen molar-refractivity contribution in [1.29, 1.82) is 0 Å². The SMILES string of the molecule is O=C(O)[C@H]1CCCN(CCOc2ccc(Cl)cc2Cl)C1. The molecule has 1 aromatic carbocycles. The number of piperidine rings is 1. The van der Waals surface area contributed by atoms with Crippen molar-refractivity contribution in [2.24, 2.45) is 5.92 Å². The summed E-state index contributed by atoms with van der Waals surface area (Å²) in [6.07, 6.45) is 1.67. The molecule has 1 atom stereocenters. The van der Waals surface area contributed by atoms with Gasteiger partial charge in [0.25, 0.3) is 0 Å². The van der Waals surface area contributed by atoms with Crippen molar-refractivity contribution < 1.29 is 14.6 Å². The lowest BCUT2D eigenvalue weighted by Crippen LogP contribution is -2.40. The summed E-state index contributed by atoms with van der Waals surface area (Å²) in [4.78, 5) is 13.1. The van der Waals surface area contributed by atoms with E-state index in [-0.39, 0.29) is 5.92 Å². The van der Waals surface area contributed by atoms with Crippen LogP contribution in [0.3, 0.4) is 0 Å². The third-order valence-corrected chi connectivity index (χ3v) is 3.94. The highest BCUT2D eigenvalue weighted by Gasteiger charge is 2.24. The maximum absolute atomic E-state index is 11.0. The van der Waals surface area contributed by atoms with Crippen molar-refractivity contribution >= 4 is 29.2 Å². The van der Waals surface area contributed by atoms with Crippen LogP contribution in [-0.2, 0) is 4.79 Å². The van der Waals surface area contributed by atoms with E-state index in [9.17, 15) is 4.79 Å². The van der Waals surface area contributed by atoms with Crippen molar-refractivity contribution in [2.45, 2.75) is 12.8 Å². The zero-order chi connectivity index (χ0) is 14.5. The number of ether oxygens (including phenoxy) is 1. The van der Waals surface area contributed by atoms with Gasteiger partial charge in [-0.1, -0.05) is 23.2 Å². The molecule has 0 bridgehead atoms. The van der Waals surface area contributed by atoms with Gasteiger partial charge >= 0.3 is 5.97 Å². The van der Waals surface area contributed by atoms with Gasteiger partial charge in [-0.2, -0.15) is 0 Å². The van der Waals surface area contributed by atoms with E-state index in [1.54, 1.807) is 18.2 Å². The van der Waals surface area contributed by atoms with Crippen LogP contribution in [0.2, 0.25) is 10.0 Å². The number of carbonyl (C=O) groups is 1. The number of likely N-dealkylation sites (tertiary alicyclic amines) is 1. The predicted molar refractivity (Wildman–Crippen MR) is 78.8 cm³/mol. The minimum absolute atomic E-state index is 0.261. The van der Waals surface area contributed by atoms with Gasteiger partial charge < -0.3 is 9.84 Å². The second-order valence-corrected chi connectivity index (χ2v) is 5.74. The minimum Gasteiger partial charge on any atom is -0.491 e. The summed E-state index contributed by atoms with van der Waals surface area (Å²) in [6.45, 7) is 2.69. The lowest BCUT2D eigenvalue weighted by atomic mass is 9.98. The topological polar surface area (TPSA) is 49.8 Å². The molecule has 4 nitrogen and oxygen atoms in total. The van der Waals surface area contributed by atoms with Crippen molar-refractivity contribution in [3.8, 4) is 5.75 Å². The number of hydrogen-bond donors (Lipinski definition) is 1. The number of rotatable bonds is 5. The highest BCUT2D eigenvalue weighted by atomic mass is 35.5. The summed E-state index contributed by atoms with van der Waals surface area (Å²) in [5.74, 6) is -0.373. The lowest BCUT2D eigenvalue weighted by molar-refractivity contribution is -0.143. The third kappa shape index (κ3) is 4.27. The average Bonchev–Trinajstić information content (AvgIpc) is 2.41. The van der Waals surface area contributed by atoms with Crippen LogP contribution in [0.15, 0.2) is 18.2 Å². The standard InChI is InChI=1S/C14H17Cl2NO3/c15-11-3-4-13(12(16)8-11)20-7-6-17-5-1-2-10(9-17)14(18)19/h3-4,8,10H,1-2,5-7,9H2,(H,18,19)/t10-/m0/s1. The van der Waals surface area contributed by atoms with E-state index >= 15 is 0 Å². The maximum Gasteiger partial charge on any atom is 0.307 e. The van der Waals surface area contributed by atoms with Crippen LogP contribution in [0.25, 0.3) is 0 Å². The van der Waals surface area contributed by atoms with Gasteiger partial charge in [0.15, 0.2) is 0 Å². The first-order chi connectivity index (χ1) is 9.56. The summed E-state index contributed by atoms with van der Waals surface area (Å²) in [5.41, 5.74) is 0. The normalized spacial score (nSPS) is 19.8. The van der Waals surface area contributed by atoms with Crippen LogP contribution in [0, 0.1) is 5.92 Å². The third-order valence-electron chi connectivity index (χ3n) is 3.41. The Morgan fingerprint density at radius 1 is 1.45 bits per heavy atom. The van der Waals surface area contributed by atoms with Crippen LogP contribution in [0.1, 0.15) is 12.8 Å². The van der Waals surface area contributed by atoms with Gasteiger partial charge in [-0.05, 0) is 37.6 Å². The van der Waals surface area contributed by atoms with Crippen LogP contribution in [0.4, 0.5) is 0 Å². The first-order valence-corrected chi connectivity index (χ1v) is 7.35. The van der Waals surface area contributed by atoms with Gasteiger partial charge in [-0.15, -0.1) is 0 Å². The molecule has 0 aliphatic carbocycles. The minimum atomic E-state index is -0.712. The molecule has 0 unspecified atom stereocenters. The van der Waals surface area contributed by atoms with Crippen LogP contribution >= 0.6 is 23.2 Å². The van der Waals surface area contributed by atoms with E-state index in [2.05, 4.69) is 4.90 Å². The molecule has 0 radical (unpaired) electrons. The molecule has 0 spiro atoms. The molecular weight excluding hydrogens is 301 g/mol. The molecule has 0 amide bonds. The quantitative estimate of drug-likeness (QED) is 0.906. The van der Waals surface area contributed by atoms with Crippen molar-refractivity contribution in [1.82, 2.24) is 4.90 Å². The molecule has 1 heterocycles. The Labute approximate surface area is 128 Å². The Balaban J connectivity index is 1.79. The average molecular weight is 318 g/mol. The van der Waals surface area contributed by atoms with Crippen molar-refractivity contribution in [3.05, 3.63) is 28.2 Å². The highest BCUT2D eigenvalue weighted by molar-refractivity contribution is 6.35. The number of carboxylic acid groups (broad SMARTS) is 1.